The van der Waals surface area contributed by atoms with Gasteiger partial charge in [0.05, 0.1) is 6.61 Å². The largest absolute Gasteiger partial charge is 1.00 e. The van der Waals surface area contributed by atoms with Crippen LogP contribution in [0.3, 0.4) is 0 Å². The van der Waals surface area contributed by atoms with Gasteiger partial charge in [-0.05, 0) is 66.5 Å². The van der Waals surface area contributed by atoms with Gasteiger partial charge in [-0.1, -0.05) is 30.3 Å². The minimum atomic E-state index is 0. The van der Waals surface area contributed by atoms with Crippen LogP contribution in [0.25, 0.3) is 0 Å². The van der Waals surface area contributed by atoms with Crippen molar-refractivity contribution in [2.45, 2.75) is 38.6 Å². The Morgan fingerprint density at radius 3 is 2.58 bits per heavy atom. The zero-order valence-electron chi connectivity index (χ0n) is 14.1. The third-order valence-corrected chi connectivity index (χ3v) is 5.17. The highest BCUT2D eigenvalue weighted by molar-refractivity contribution is 5.38. The average Bonchev–Trinajstić information content (AvgIpc) is 3.06. The van der Waals surface area contributed by atoms with Crippen molar-refractivity contribution in [2.24, 2.45) is 0 Å². The molecule has 0 fully saturated rings. The lowest BCUT2D eigenvalue weighted by atomic mass is 10.00. The maximum Gasteiger partial charge on any atom is 0.119 e. The lowest BCUT2D eigenvalue weighted by Gasteiger charge is -2.28. The van der Waals surface area contributed by atoms with Crippen LogP contribution in [0.15, 0.2) is 42.5 Å². The smallest absolute Gasteiger partial charge is 0.119 e. The molecule has 2 aromatic rings. The second kappa shape index (κ2) is 8.04. The number of rotatable bonds is 5. The molecular formula is C21H25ClNO-. The van der Waals surface area contributed by atoms with Crippen molar-refractivity contribution in [3.63, 3.8) is 0 Å². The lowest BCUT2D eigenvalue weighted by molar-refractivity contribution is -0.00000515. The van der Waals surface area contributed by atoms with Gasteiger partial charge in [0.25, 0.3) is 0 Å². The number of hydrogen-bond donors (Lipinski definition) is 0. The van der Waals surface area contributed by atoms with Gasteiger partial charge in [0.15, 0.2) is 0 Å². The topological polar surface area (TPSA) is 12.5 Å². The first-order chi connectivity index (χ1) is 11.4. The molecule has 128 valence electrons. The molecule has 0 atom stereocenters. The van der Waals surface area contributed by atoms with Crippen molar-refractivity contribution in [3.05, 3.63) is 64.7 Å². The van der Waals surface area contributed by atoms with Gasteiger partial charge in [-0.3, -0.25) is 4.90 Å². The molecule has 0 aromatic heterocycles. The molecule has 2 aliphatic rings. The Morgan fingerprint density at radius 2 is 1.67 bits per heavy atom. The minimum Gasteiger partial charge on any atom is -1.00 e. The van der Waals surface area contributed by atoms with Gasteiger partial charge < -0.3 is 17.1 Å². The summed E-state index contributed by atoms with van der Waals surface area (Å²) in [6.45, 7) is 4.21. The van der Waals surface area contributed by atoms with Crippen LogP contribution in [-0.2, 0) is 25.8 Å². The number of halogens is 1. The van der Waals surface area contributed by atoms with E-state index in [0.29, 0.717) is 0 Å². The van der Waals surface area contributed by atoms with Gasteiger partial charge >= 0.3 is 0 Å². The molecule has 0 unspecified atom stereocenters. The first-order valence-corrected chi connectivity index (χ1v) is 8.92. The molecule has 1 heterocycles. The SMILES string of the molecule is [Cl-].c1ccc2c(c1)CCN(CCCOc1ccc3c(c1)CCC3)C2. The van der Waals surface area contributed by atoms with Gasteiger partial charge in [-0.15, -0.1) is 0 Å². The molecule has 0 amide bonds. The number of fused-ring (bicyclic) bond motifs is 2. The Morgan fingerprint density at radius 1 is 0.875 bits per heavy atom. The highest BCUT2D eigenvalue weighted by Gasteiger charge is 2.15. The van der Waals surface area contributed by atoms with Crippen LogP contribution >= 0.6 is 0 Å². The Hall–Kier alpha value is -1.51. The second-order valence-corrected chi connectivity index (χ2v) is 6.78. The van der Waals surface area contributed by atoms with E-state index in [4.69, 9.17) is 4.74 Å². The van der Waals surface area contributed by atoms with E-state index in [1.54, 1.807) is 0 Å². The zero-order valence-corrected chi connectivity index (χ0v) is 14.9. The summed E-state index contributed by atoms with van der Waals surface area (Å²) in [5.74, 6) is 1.05. The van der Waals surface area contributed by atoms with Crippen molar-refractivity contribution in [1.29, 1.82) is 0 Å². The predicted octanol–water partition coefficient (Wildman–Crippen LogP) is 1.01. The molecule has 0 bridgehead atoms. The molecule has 0 N–H and O–H groups in total. The van der Waals surface area contributed by atoms with Crippen LogP contribution in [0.1, 0.15) is 35.1 Å². The van der Waals surface area contributed by atoms with Crippen molar-refractivity contribution in [2.75, 3.05) is 19.7 Å². The Balaban J connectivity index is 0.00000169. The molecule has 0 spiro atoms. The minimum absolute atomic E-state index is 0. The first kappa shape index (κ1) is 17.3. The van der Waals surface area contributed by atoms with Crippen LogP contribution in [0.4, 0.5) is 0 Å². The van der Waals surface area contributed by atoms with E-state index in [9.17, 15) is 0 Å². The fraction of sp³-hybridized carbons (Fsp3) is 0.429. The summed E-state index contributed by atoms with van der Waals surface area (Å²) in [5.41, 5.74) is 6.04. The van der Waals surface area contributed by atoms with Crippen LogP contribution < -0.4 is 17.1 Å². The quantitative estimate of drug-likeness (QED) is 0.752. The monoisotopic (exact) mass is 342 g/mol. The Labute approximate surface area is 151 Å². The molecule has 4 rings (SSSR count). The maximum absolute atomic E-state index is 5.97. The summed E-state index contributed by atoms with van der Waals surface area (Å²) in [7, 11) is 0. The van der Waals surface area contributed by atoms with E-state index < -0.39 is 0 Å². The molecular weight excluding hydrogens is 318 g/mol. The van der Waals surface area contributed by atoms with Gasteiger partial charge in [-0.25, -0.2) is 0 Å². The average molecular weight is 343 g/mol. The van der Waals surface area contributed by atoms with Crippen LogP contribution in [-0.4, -0.2) is 24.6 Å². The van der Waals surface area contributed by atoms with E-state index >= 15 is 0 Å². The number of nitrogens with zero attached hydrogens (tertiary/aromatic N) is 1. The van der Waals surface area contributed by atoms with E-state index in [-0.39, 0.29) is 12.4 Å². The third kappa shape index (κ3) is 3.93. The van der Waals surface area contributed by atoms with E-state index in [1.165, 1.54) is 54.5 Å². The standard InChI is InChI=1S/C21H25NO.ClH/c1-2-6-20-16-22(13-11-18(20)5-1)12-4-14-23-21-10-9-17-7-3-8-19(17)15-21;/h1-2,5-6,9-10,15H,3-4,7-8,11-14,16H2;1H/p-1. The van der Waals surface area contributed by atoms with Gasteiger partial charge in [0.2, 0.25) is 0 Å². The Kier molecular flexibility index (Phi) is 5.80. The lowest BCUT2D eigenvalue weighted by Crippen LogP contribution is -3.00. The molecule has 0 saturated carbocycles. The van der Waals surface area contributed by atoms with Gasteiger partial charge in [0, 0.05) is 19.6 Å². The molecule has 0 saturated heterocycles. The van der Waals surface area contributed by atoms with Crippen LogP contribution in [0, 0.1) is 0 Å². The van der Waals surface area contributed by atoms with Gasteiger partial charge in [-0.2, -0.15) is 0 Å². The number of ether oxygens (including phenoxy) is 1. The third-order valence-electron chi connectivity index (χ3n) is 5.17. The number of benzene rings is 2. The molecule has 0 radical (unpaired) electrons. The zero-order chi connectivity index (χ0) is 15.5. The molecule has 2 aromatic carbocycles. The van der Waals surface area contributed by atoms with Crippen LogP contribution in [0.5, 0.6) is 5.75 Å². The maximum atomic E-state index is 5.97. The predicted molar refractivity (Wildman–Crippen MR) is 94.0 cm³/mol. The van der Waals surface area contributed by atoms with Gasteiger partial charge in [0.1, 0.15) is 5.75 Å². The van der Waals surface area contributed by atoms with Crippen molar-refractivity contribution >= 4 is 0 Å². The Bertz CT molecular complexity index is 685. The number of hydrogen-bond acceptors (Lipinski definition) is 2. The molecule has 1 aliphatic heterocycles. The highest BCUT2D eigenvalue weighted by Crippen LogP contribution is 2.26. The molecule has 24 heavy (non-hydrogen) atoms. The fourth-order valence-corrected chi connectivity index (χ4v) is 3.86. The number of aryl methyl sites for hydroxylation is 2. The van der Waals surface area contributed by atoms with E-state index in [1.807, 2.05) is 0 Å². The first-order valence-electron chi connectivity index (χ1n) is 8.92. The highest BCUT2D eigenvalue weighted by atomic mass is 35.5. The van der Waals surface area contributed by atoms with E-state index in [0.717, 1.165) is 31.9 Å². The summed E-state index contributed by atoms with van der Waals surface area (Å²) in [6.07, 6.45) is 6.04. The second-order valence-electron chi connectivity index (χ2n) is 6.78. The summed E-state index contributed by atoms with van der Waals surface area (Å²) in [4.78, 5) is 2.55. The van der Waals surface area contributed by atoms with Crippen molar-refractivity contribution < 1.29 is 17.1 Å². The molecule has 2 nitrogen and oxygen atoms in total. The molecule has 1 aliphatic carbocycles. The normalized spacial score (nSPS) is 16.2. The summed E-state index contributed by atoms with van der Waals surface area (Å²) >= 11 is 0. The summed E-state index contributed by atoms with van der Waals surface area (Å²) in [6, 6.07) is 15.5. The summed E-state index contributed by atoms with van der Waals surface area (Å²) in [5, 5.41) is 0. The van der Waals surface area contributed by atoms with Crippen molar-refractivity contribution in [1.82, 2.24) is 4.90 Å². The van der Waals surface area contributed by atoms with E-state index in [2.05, 4.69) is 47.4 Å². The fourth-order valence-electron chi connectivity index (χ4n) is 3.86. The summed E-state index contributed by atoms with van der Waals surface area (Å²) < 4.78 is 5.97. The van der Waals surface area contributed by atoms with Crippen molar-refractivity contribution in [3.8, 4) is 5.75 Å². The molecule has 3 heteroatoms. The van der Waals surface area contributed by atoms with Crippen LogP contribution in [0.2, 0.25) is 0 Å².